The van der Waals surface area contributed by atoms with Gasteiger partial charge in [-0.15, -0.1) is 0 Å². The Morgan fingerprint density at radius 2 is 1.58 bits per heavy atom. The van der Waals surface area contributed by atoms with E-state index in [9.17, 15) is 24.0 Å². The summed E-state index contributed by atoms with van der Waals surface area (Å²) in [4.78, 5) is 57.9. The molecule has 0 saturated heterocycles. The van der Waals surface area contributed by atoms with Crippen molar-refractivity contribution < 1.29 is 38.9 Å². The van der Waals surface area contributed by atoms with Crippen molar-refractivity contribution in [3.05, 3.63) is 65.7 Å². The molecule has 38 heavy (non-hydrogen) atoms. The number of amides is 3. The lowest BCUT2D eigenvalue weighted by Crippen LogP contribution is -2.42. The molecule has 0 fully saturated rings. The highest BCUT2D eigenvalue weighted by atomic mass is 16.5. The van der Waals surface area contributed by atoms with Crippen molar-refractivity contribution in [2.24, 2.45) is 5.73 Å². The first-order valence-corrected chi connectivity index (χ1v) is 12.0. The molecular formula is C26H32N4O8. The molecule has 12 heteroatoms. The number of unbranched alkanes of at least 4 members (excludes halogenated alkanes) is 1. The van der Waals surface area contributed by atoms with Crippen molar-refractivity contribution in [3.63, 3.8) is 0 Å². The first kappa shape index (κ1) is 29.8. The molecule has 3 amide bonds. The van der Waals surface area contributed by atoms with Gasteiger partial charge in [0.05, 0.1) is 18.9 Å². The third-order valence-corrected chi connectivity index (χ3v) is 5.36. The number of aliphatic carboxylic acids is 2. The molecule has 0 aliphatic heterocycles. The molecule has 12 nitrogen and oxygen atoms in total. The van der Waals surface area contributed by atoms with E-state index >= 15 is 0 Å². The van der Waals surface area contributed by atoms with E-state index in [2.05, 4.69) is 16.0 Å². The van der Waals surface area contributed by atoms with E-state index in [1.54, 1.807) is 24.3 Å². The second kappa shape index (κ2) is 15.6. The fourth-order valence-electron chi connectivity index (χ4n) is 3.33. The van der Waals surface area contributed by atoms with Crippen LogP contribution in [0.5, 0.6) is 0 Å². The lowest BCUT2D eigenvalue weighted by Gasteiger charge is -2.14. The Balaban J connectivity index is 1.65. The first-order chi connectivity index (χ1) is 18.1. The fraction of sp³-hybridized carbons (Fsp3) is 0.346. The maximum atomic E-state index is 12.3. The standard InChI is InChI=1S/C26H32N4O8/c27-20(8-4-5-13-28-26(37)38-16-18-6-2-1-3-7-18)24(34)29-19-11-9-17(10-12-19)14-22(31)30-21(25(35)36)15-23(32)33/h1-3,6-7,9-12,20-21H,4-5,8,13-16,27H2,(H,28,37)(H,29,34)(H,30,31)(H,32,33)(H,35,36)/t20-,21-/m0/s1. The lowest BCUT2D eigenvalue weighted by molar-refractivity contribution is -0.147. The van der Waals surface area contributed by atoms with Crippen LogP contribution in [0.25, 0.3) is 0 Å². The summed E-state index contributed by atoms with van der Waals surface area (Å²) in [6, 6.07) is 13.3. The number of nitrogens with one attached hydrogen (secondary N) is 3. The average molecular weight is 529 g/mol. The molecule has 0 spiro atoms. The maximum absolute atomic E-state index is 12.3. The van der Waals surface area contributed by atoms with Crippen molar-refractivity contribution in [1.82, 2.24) is 10.6 Å². The van der Waals surface area contributed by atoms with Crippen molar-refractivity contribution in [1.29, 1.82) is 0 Å². The second-order valence-electron chi connectivity index (χ2n) is 8.51. The van der Waals surface area contributed by atoms with Gasteiger partial charge in [0.2, 0.25) is 11.8 Å². The highest BCUT2D eigenvalue weighted by molar-refractivity contribution is 5.94. The molecule has 0 saturated carbocycles. The second-order valence-corrected chi connectivity index (χ2v) is 8.51. The molecule has 2 rings (SSSR count). The van der Waals surface area contributed by atoms with E-state index in [0.29, 0.717) is 37.1 Å². The number of ether oxygens (including phenoxy) is 1. The van der Waals surface area contributed by atoms with Crippen LogP contribution in [0.15, 0.2) is 54.6 Å². The number of benzene rings is 2. The molecule has 0 unspecified atom stereocenters. The molecule has 2 aromatic carbocycles. The minimum absolute atomic E-state index is 0.162. The zero-order valence-electron chi connectivity index (χ0n) is 20.7. The van der Waals surface area contributed by atoms with E-state index < -0.39 is 42.4 Å². The summed E-state index contributed by atoms with van der Waals surface area (Å²) < 4.78 is 5.12. The third-order valence-electron chi connectivity index (χ3n) is 5.36. The fourth-order valence-corrected chi connectivity index (χ4v) is 3.33. The summed E-state index contributed by atoms with van der Waals surface area (Å²) in [5, 5.41) is 25.3. The zero-order chi connectivity index (χ0) is 27.9. The van der Waals surface area contributed by atoms with Gasteiger partial charge < -0.3 is 36.6 Å². The number of carbonyl (C=O) groups excluding carboxylic acids is 3. The minimum atomic E-state index is -1.52. The number of anilines is 1. The van der Waals surface area contributed by atoms with Gasteiger partial charge in [0.25, 0.3) is 0 Å². The quantitative estimate of drug-likeness (QED) is 0.186. The molecule has 0 aliphatic carbocycles. The molecule has 0 aromatic heterocycles. The monoisotopic (exact) mass is 528 g/mol. The summed E-state index contributed by atoms with van der Waals surface area (Å²) in [7, 11) is 0. The van der Waals surface area contributed by atoms with Crippen molar-refractivity contribution in [2.45, 2.75) is 50.8 Å². The Kier molecular flexibility index (Phi) is 12.2. The number of nitrogens with two attached hydrogens (primary N) is 1. The SMILES string of the molecule is N[C@@H](CCCCNC(=O)OCc1ccccc1)C(=O)Nc1ccc(CC(=O)N[C@@H](CC(=O)O)C(=O)O)cc1. The molecular weight excluding hydrogens is 496 g/mol. The first-order valence-electron chi connectivity index (χ1n) is 12.0. The molecule has 2 atom stereocenters. The summed E-state index contributed by atoms with van der Waals surface area (Å²) in [5.41, 5.74) is 7.85. The average Bonchev–Trinajstić information content (AvgIpc) is 2.88. The number of rotatable bonds is 15. The van der Waals surface area contributed by atoms with Crippen LogP contribution in [0.1, 0.15) is 36.8 Å². The predicted molar refractivity (Wildman–Crippen MR) is 137 cm³/mol. The van der Waals surface area contributed by atoms with Gasteiger partial charge in [0.15, 0.2) is 0 Å². The van der Waals surface area contributed by atoms with E-state index in [0.717, 1.165) is 5.56 Å². The largest absolute Gasteiger partial charge is 0.481 e. The predicted octanol–water partition coefficient (Wildman–Crippen LogP) is 1.64. The Hall–Kier alpha value is -4.45. The summed E-state index contributed by atoms with van der Waals surface area (Å²) in [5.74, 6) is -3.81. The van der Waals surface area contributed by atoms with Crippen LogP contribution in [-0.4, -0.2) is 58.7 Å². The van der Waals surface area contributed by atoms with Crippen LogP contribution >= 0.6 is 0 Å². The van der Waals surface area contributed by atoms with Gasteiger partial charge in [-0.05, 0) is 42.5 Å². The van der Waals surface area contributed by atoms with Gasteiger partial charge in [-0.2, -0.15) is 0 Å². The highest BCUT2D eigenvalue weighted by Gasteiger charge is 2.23. The van der Waals surface area contributed by atoms with Gasteiger partial charge in [-0.1, -0.05) is 42.5 Å². The highest BCUT2D eigenvalue weighted by Crippen LogP contribution is 2.12. The molecule has 0 radical (unpaired) electrons. The van der Waals surface area contributed by atoms with Crippen LogP contribution in [-0.2, 0) is 36.9 Å². The Morgan fingerprint density at radius 3 is 2.21 bits per heavy atom. The number of hydrogen-bond donors (Lipinski definition) is 6. The Bertz CT molecular complexity index is 1090. The summed E-state index contributed by atoms with van der Waals surface area (Å²) >= 11 is 0. The third kappa shape index (κ3) is 11.5. The van der Waals surface area contributed by atoms with Gasteiger partial charge in [0.1, 0.15) is 12.6 Å². The van der Waals surface area contributed by atoms with Crippen molar-refractivity contribution in [2.75, 3.05) is 11.9 Å². The number of hydrogen-bond acceptors (Lipinski definition) is 7. The smallest absolute Gasteiger partial charge is 0.407 e. The van der Waals surface area contributed by atoms with E-state index in [1.165, 1.54) is 0 Å². The van der Waals surface area contributed by atoms with Crippen LogP contribution in [0, 0.1) is 0 Å². The van der Waals surface area contributed by atoms with Gasteiger partial charge in [0, 0.05) is 12.2 Å². The zero-order valence-corrected chi connectivity index (χ0v) is 20.7. The molecule has 204 valence electrons. The van der Waals surface area contributed by atoms with Crippen molar-refractivity contribution in [3.8, 4) is 0 Å². The van der Waals surface area contributed by atoms with Gasteiger partial charge in [-0.3, -0.25) is 14.4 Å². The van der Waals surface area contributed by atoms with Crippen LogP contribution in [0.4, 0.5) is 10.5 Å². The number of carboxylic acid groups (broad SMARTS) is 2. The molecule has 0 heterocycles. The summed E-state index contributed by atoms with van der Waals surface area (Å²) in [6.45, 7) is 0.574. The van der Waals surface area contributed by atoms with E-state index in [1.807, 2.05) is 30.3 Å². The molecule has 0 aliphatic rings. The van der Waals surface area contributed by atoms with Crippen LogP contribution in [0.3, 0.4) is 0 Å². The Labute approximate surface area is 219 Å². The summed E-state index contributed by atoms with van der Waals surface area (Å²) in [6.07, 6.45) is 0.230. The number of carboxylic acids is 2. The lowest BCUT2D eigenvalue weighted by atomic mass is 10.1. The number of alkyl carbamates (subject to hydrolysis) is 1. The maximum Gasteiger partial charge on any atom is 0.407 e. The van der Waals surface area contributed by atoms with Crippen LogP contribution in [0.2, 0.25) is 0 Å². The molecule has 0 bridgehead atoms. The minimum Gasteiger partial charge on any atom is -0.481 e. The molecule has 2 aromatic rings. The van der Waals surface area contributed by atoms with E-state index in [-0.39, 0.29) is 18.9 Å². The Morgan fingerprint density at radius 1 is 0.895 bits per heavy atom. The van der Waals surface area contributed by atoms with Gasteiger partial charge in [-0.25, -0.2) is 9.59 Å². The van der Waals surface area contributed by atoms with Crippen molar-refractivity contribution >= 4 is 35.5 Å². The topological polar surface area (TPSA) is 197 Å². The number of carbonyl (C=O) groups is 5. The van der Waals surface area contributed by atoms with Gasteiger partial charge >= 0.3 is 18.0 Å². The molecule has 7 N–H and O–H groups in total. The normalized spacial score (nSPS) is 12.0. The van der Waals surface area contributed by atoms with Crippen LogP contribution < -0.4 is 21.7 Å². The van der Waals surface area contributed by atoms with E-state index in [4.69, 9.17) is 20.7 Å².